The molecule has 136 valence electrons. The molecule has 0 amide bonds. The molecule has 2 atom stereocenters. The summed E-state index contributed by atoms with van der Waals surface area (Å²) in [5.74, 6) is 1.56. The van der Waals surface area contributed by atoms with Crippen molar-refractivity contribution in [2.24, 2.45) is 11.8 Å². The maximum atomic E-state index is 12.2. The second-order valence-corrected chi connectivity index (χ2v) is 8.13. The molecule has 0 aromatic rings. The number of carbonyl (C=O) groups excluding carboxylic acids is 2. The molecule has 0 N–H and O–H groups in total. The fourth-order valence-electron chi connectivity index (χ4n) is 4.63. The second-order valence-electron chi connectivity index (χ2n) is 8.13. The van der Waals surface area contributed by atoms with Crippen LogP contribution < -0.4 is 0 Å². The molecule has 0 aromatic carbocycles. The van der Waals surface area contributed by atoms with Crippen LogP contribution in [0.5, 0.6) is 0 Å². The first-order chi connectivity index (χ1) is 11.7. The van der Waals surface area contributed by atoms with E-state index < -0.39 is 0 Å². The zero-order valence-electron chi connectivity index (χ0n) is 15.2. The summed E-state index contributed by atoms with van der Waals surface area (Å²) in [6.07, 6.45) is 10.9. The molecule has 1 saturated heterocycles. The summed E-state index contributed by atoms with van der Waals surface area (Å²) in [5.41, 5.74) is 0. The highest BCUT2D eigenvalue weighted by Gasteiger charge is 2.28. The van der Waals surface area contributed by atoms with E-state index in [1.165, 1.54) is 25.7 Å². The van der Waals surface area contributed by atoms with E-state index in [9.17, 15) is 9.59 Å². The van der Waals surface area contributed by atoms with E-state index in [-0.39, 0.29) is 11.8 Å². The Morgan fingerprint density at radius 2 is 1.04 bits per heavy atom. The Morgan fingerprint density at radius 1 is 0.625 bits per heavy atom. The SMILES string of the molecule is O=C1CCCCCC1CN1CCN(CC2CCCCCC2=O)CC1. The maximum absolute atomic E-state index is 12.2. The Kier molecular flexibility index (Phi) is 6.85. The normalized spacial score (nSPS) is 31.7. The van der Waals surface area contributed by atoms with Crippen molar-refractivity contribution >= 4 is 11.6 Å². The molecule has 0 radical (unpaired) electrons. The van der Waals surface area contributed by atoms with Crippen molar-refractivity contribution in [3.8, 4) is 0 Å². The topological polar surface area (TPSA) is 40.6 Å². The average Bonchev–Trinajstić information content (AvgIpc) is 2.91. The lowest BCUT2D eigenvalue weighted by molar-refractivity contribution is -0.124. The zero-order chi connectivity index (χ0) is 16.8. The lowest BCUT2D eigenvalue weighted by Crippen LogP contribution is -2.50. The monoisotopic (exact) mass is 334 g/mol. The van der Waals surface area contributed by atoms with Gasteiger partial charge >= 0.3 is 0 Å². The van der Waals surface area contributed by atoms with Crippen LogP contribution in [0.1, 0.15) is 64.2 Å². The van der Waals surface area contributed by atoms with Gasteiger partial charge in [-0.25, -0.2) is 0 Å². The van der Waals surface area contributed by atoms with Crippen LogP contribution >= 0.6 is 0 Å². The van der Waals surface area contributed by atoms with Crippen LogP contribution in [0.3, 0.4) is 0 Å². The Labute approximate surface area is 146 Å². The van der Waals surface area contributed by atoms with Gasteiger partial charge in [0.2, 0.25) is 0 Å². The predicted molar refractivity (Wildman–Crippen MR) is 96.0 cm³/mol. The first kappa shape index (κ1) is 18.1. The van der Waals surface area contributed by atoms with Crippen LogP contribution in [0.15, 0.2) is 0 Å². The van der Waals surface area contributed by atoms with E-state index in [4.69, 9.17) is 0 Å². The summed E-state index contributed by atoms with van der Waals surface area (Å²) < 4.78 is 0. The van der Waals surface area contributed by atoms with Crippen LogP contribution in [0.2, 0.25) is 0 Å². The molecule has 0 bridgehead atoms. The number of rotatable bonds is 4. The van der Waals surface area contributed by atoms with Gasteiger partial charge in [0, 0.05) is 63.9 Å². The third-order valence-corrected chi connectivity index (χ3v) is 6.28. The summed E-state index contributed by atoms with van der Waals surface area (Å²) in [5, 5.41) is 0. The molecular formula is C20H34N2O2. The summed E-state index contributed by atoms with van der Waals surface area (Å²) in [7, 11) is 0. The van der Waals surface area contributed by atoms with Crippen LogP contribution in [0.4, 0.5) is 0 Å². The zero-order valence-corrected chi connectivity index (χ0v) is 15.2. The van der Waals surface area contributed by atoms with Gasteiger partial charge in [-0.3, -0.25) is 9.59 Å². The number of carbonyl (C=O) groups is 2. The molecule has 4 heteroatoms. The van der Waals surface area contributed by atoms with Crippen LogP contribution in [-0.2, 0) is 9.59 Å². The number of nitrogens with zero attached hydrogens (tertiary/aromatic N) is 2. The summed E-state index contributed by atoms with van der Waals surface area (Å²) in [6.45, 7) is 6.18. The molecule has 3 rings (SSSR count). The smallest absolute Gasteiger partial charge is 0.137 e. The predicted octanol–water partition coefficient (Wildman–Crippen LogP) is 2.90. The minimum absolute atomic E-state index is 0.280. The molecule has 2 saturated carbocycles. The van der Waals surface area contributed by atoms with Gasteiger partial charge in [0.1, 0.15) is 11.6 Å². The number of piperazine rings is 1. The van der Waals surface area contributed by atoms with E-state index in [0.717, 1.165) is 77.8 Å². The molecular weight excluding hydrogens is 300 g/mol. The van der Waals surface area contributed by atoms with Gasteiger partial charge in [-0.1, -0.05) is 25.7 Å². The Hall–Kier alpha value is -0.740. The minimum Gasteiger partial charge on any atom is -0.300 e. The van der Waals surface area contributed by atoms with Crippen molar-refractivity contribution in [3.63, 3.8) is 0 Å². The van der Waals surface area contributed by atoms with Crippen molar-refractivity contribution in [2.75, 3.05) is 39.3 Å². The summed E-state index contributed by atoms with van der Waals surface area (Å²) in [6, 6.07) is 0. The van der Waals surface area contributed by atoms with Crippen LogP contribution in [-0.4, -0.2) is 60.6 Å². The van der Waals surface area contributed by atoms with Crippen molar-refractivity contribution in [1.82, 2.24) is 9.80 Å². The van der Waals surface area contributed by atoms with Crippen LogP contribution in [0.25, 0.3) is 0 Å². The average molecular weight is 335 g/mol. The van der Waals surface area contributed by atoms with Crippen molar-refractivity contribution in [1.29, 1.82) is 0 Å². The first-order valence-corrected chi connectivity index (χ1v) is 10.2. The van der Waals surface area contributed by atoms with Crippen molar-refractivity contribution in [3.05, 3.63) is 0 Å². The van der Waals surface area contributed by atoms with E-state index in [1.807, 2.05) is 0 Å². The minimum atomic E-state index is 0.280. The molecule has 24 heavy (non-hydrogen) atoms. The molecule has 1 heterocycles. The van der Waals surface area contributed by atoms with E-state index in [1.54, 1.807) is 0 Å². The molecule has 2 aliphatic carbocycles. The highest BCUT2D eigenvalue weighted by atomic mass is 16.1. The molecule has 3 fully saturated rings. The summed E-state index contributed by atoms with van der Waals surface area (Å²) in [4.78, 5) is 29.4. The molecule has 3 aliphatic rings. The molecule has 0 spiro atoms. The van der Waals surface area contributed by atoms with E-state index >= 15 is 0 Å². The maximum Gasteiger partial charge on any atom is 0.137 e. The standard InChI is InChI=1S/C20H34N2O2/c23-19-9-5-1-3-7-17(19)15-21-11-13-22(14-12-21)16-18-8-4-2-6-10-20(18)24/h17-18H,1-16H2. The third-order valence-electron chi connectivity index (χ3n) is 6.28. The Bertz CT molecular complexity index is 389. The highest BCUT2D eigenvalue weighted by molar-refractivity contribution is 5.81. The fraction of sp³-hybridized carbons (Fsp3) is 0.900. The lowest BCUT2D eigenvalue weighted by atomic mass is 9.97. The van der Waals surface area contributed by atoms with Gasteiger partial charge in [-0.15, -0.1) is 0 Å². The number of Topliss-reactive ketones (excluding diaryl/α,β-unsaturated/α-hetero) is 2. The van der Waals surface area contributed by atoms with Gasteiger partial charge in [-0.05, 0) is 25.7 Å². The van der Waals surface area contributed by atoms with Gasteiger partial charge in [-0.2, -0.15) is 0 Å². The molecule has 4 nitrogen and oxygen atoms in total. The van der Waals surface area contributed by atoms with E-state index in [2.05, 4.69) is 9.80 Å². The molecule has 2 unspecified atom stereocenters. The highest BCUT2D eigenvalue weighted by Crippen LogP contribution is 2.23. The summed E-state index contributed by atoms with van der Waals surface area (Å²) >= 11 is 0. The quantitative estimate of drug-likeness (QED) is 0.741. The van der Waals surface area contributed by atoms with Gasteiger partial charge in [0.25, 0.3) is 0 Å². The number of ketones is 2. The first-order valence-electron chi connectivity index (χ1n) is 10.2. The molecule has 0 aromatic heterocycles. The van der Waals surface area contributed by atoms with Crippen molar-refractivity contribution < 1.29 is 9.59 Å². The number of hydrogen-bond donors (Lipinski definition) is 0. The second kappa shape index (κ2) is 9.10. The van der Waals surface area contributed by atoms with Crippen LogP contribution in [0, 0.1) is 11.8 Å². The lowest BCUT2D eigenvalue weighted by Gasteiger charge is -2.37. The van der Waals surface area contributed by atoms with E-state index in [0.29, 0.717) is 11.6 Å². The Morgan fingerprint density at radius 3 is 1.46 bits per heavy atom. The largest absolute Gasteiger partial charge is 0.300 e. The third kappa shape index (κ3) is 5.13. The van der Waals surface area contributed by atoms with Gasteiger partial charge < -0.3 is 9.80 Å². The fourth-order valence-corrected chi connectivity index (χ4v) is 4.63. The van der Waals surface area contributed by atoms with Crippen molar-refractivity contribution in [2.45, 2.75) is 64.2 Å². The van der Waals surface area contributed by atoms with Gasteiger partial charge in [0.15, 0.2) is 0 Å². The number of hydrogen-bond acceptors (Lipinski definition) is 4. The molecule has 1 aliphatic heterocycles. The Balaban J connectivity index is 1.42. The van der Waals surface area contributed by atoms with Gasteiger partial charge in [0.05, 0.1) is 0 Å².